The van der Waals surface area contributed by atoms with Gasteiger partial charge in [-0.05, 0) is 30.7 Å². The summed E-state index contributed by atoms with van der Waals surface area (Å²) in [5.74, 6) is 0.729. The summed E-state index contributed by atoms with van der Waals surface area (Å²) in [5.41, 5.74) is 2.88. The third-order valence-electron chi connectivity index (χ3n) is 3.00. The van der Waals surface area contributed by atoms with Crippen molar-refractivity contribution in [3.05, 3.63) is 41.3 Å². The zero-order chi connectivity index (χ0) is 13.4. The van der Waals surface area contributed by atoms with Gasteiger partial charge >= 0.3 is 0 Å². The number of anilines is 2. The van der Waals surface area contributed by atoms with Gasteiger partial charge < -0.3 is 4.90 Å². The van der Waals surface area contributed by atoms with Crippen LogP contribution in [0.15, 0.2) is 30.5 Å². The molecule has 0 unspecified atom stereocenters. The Labute approximate surface area is 115 Å². The van der Waals surface area contributed by atoms with Crippen LogP contribution >= 0.6 is 11.6 Å². The molecule has 0 fully saturated rings. The Morgan fingerprint density at radius 2 is 1.89 bits per heavy atom. The lowest BCUT2D eigenvalue weighted by Gasteiger charge is -2.19. The van der Waals surface area contributed by atoms with Crippen molar-refractivity contribution in [1.29, 1.82) is 0 Å². The minimum atomic E-state index is 0.200. The molecule has 0 amide bonds. The highest BCUT2D eigenvalue weighted by molar-refractivity contribution is 6.28. The van der Waals surface area contributed by atoms with Crippen LogP contribution in [0, 0.1) is 6.92 Å². The lowest BCUT2D eigenvalue weighted by Crippen LogP contribution is -2.12. The van der Waals surface area contributed by atoms with Gasteiger partial charge in [-0.3, -0.25) is 5.10 Å². The number of aryl methyl sites for hydroxylation is 1. The van der Waals surface area contributed by atoms with Crippen LogP contribution in [0.5, 0.6) is 0 Å². The van der Waals surface area contributed by atoms with E-state index in [-0.39, 0.29) is 5.28 Å². The summed E-state index contributed by atoms with van der Waals surface area (Å²) in [6.45, 7) is 2.06. The molecule has 0 aliphatic rings. The number of halogens is 1. The summed E-state index contributed by atoms with van der Waals surface area (Å²) in [7, 11) is 1.94. The minimum absolute atomic E-state index is 0.200. The molecule has 0 saturated heterocycles. The number of benzene rings is 1. The van der Waals surface area contributed by atoms with Crippen molar-refractivity contribution >= 4 is 34.1 Å². The second kappa shape index (κ2) is 4.51. The fraction of sp³-hybridized carbons (Fsp3) is 0.154. The molecule has 1 aromatic carbocycles. The van der Waals surface area contributed by atoms with Gasteiger partial charge in [0.25, 0.3) is 0 Å². The Morgan fingerprint density at radius 1 is 1.16 bits per heavy atom. The number of aromatic nitrogens is 4. The van der Waals surface area contributed by atoms with E-state index in [0.29, 0.717) is 5.65 Å². The van der Waals surface area contributed by atoms with E-state index < -0.39 is 0 Å². The van der Waals surface area contributed by atoms with Crippen LogP contribution in [-0.2, 0) is 0 Å². The van der Waals surface area contributed by atoms with Crippen molar-refractivity contribution in [2.45, 2.75) is 6.92 Å². The van der Waals surface area contributed by atoms with E-state index in [4.69, 9.17) is 11.6 Å². The number of fused-ring (bicyclic) bond motifs is 1. The standard InChI is InChI=1S/C13H12ClN5/c1-8-3-5-9(6-4-8)19(2)12-10-7-15-18-11(10)16-13(14)17-12/h3-7H,1-2H3,(H,15,16,17,18). The van der Waals surface area contributed by atoms with E-state index in [9.17, 15) is 0 Å². The number of nitrogens with zero attached hydrogens (tertiary/aromatic N) is 4. The lowest BCUT2D eigenvalue weighted by atomic mass is 10.2. The second-order valence-corrected chi connectivity index (χ2v) is 4.68. The van der Waals surface area contributed by atoms with Crippen LogP contribution in [0.2, 0.25) is 5.28 Å². The van der Waals surface area contributed by atoms with Gasteiger partial charge in [-0.2, -0.15) is 15.1 Å². The van der Waals surface area contributed by atoms with Gasteiger partial charge in [0.15, 0.2) is 5.65 Å². The van der Waals surface area contributed by atoms with Crippen molar-refractivity contribution in [2.24, 2.45) is 0 Å². The van der Waals surface area contributed by atoms with Crippen LogP contribution < -0.4 is 4.90 Å². The average molecular weight is 274 g/mol. The topological polar surface area (TPSA) is 57.7 Å². The molecule has 0 bridgehead atoms. The molecule has 1 N–H and O–H groups in total. The number of aromatic amines is 1. The first-order valence-corrected chi connectivity index (χ1v) is 6.20. The Morgan fingerprint density at radius 3 is 2.63 bits per heavy atom. The molecule has 96 valence electrons. The van der Waals surface area contributed by atoms with Gasteiger partial charge in [0, 0.05) is 12.7 Å². The molecule has 19 heavy (non-hydrogen) atoms. The van der Waals surface area contributed by atoms with E-state index in [2.05, 4.69) is 39.2 Å². The summed E-state index contributed by atoms with van der Waals surface area (Å²) >= 11 is 5.94. The van der Waals surface area contributed by atoms with Crippen molar-refractivity contribution in [3.8, 4) is 0 Å². The lowest BCUT2D eigenvalue weighted by molar-refractivity contribution is 1.08. The van der Waals surface area contributed by atoms with Crippen molar-refractivity contribution < 1.29 is 0 Å². The number of hydrogen-bond acceptors (Lipinski definition) is 4. The highest BCUT2D eigenvalue weighted by Gasteiger charge is 2.13. The first-order chi connectivity index (χ1) is 9.15. The SMILES string of the molecule is Cc1ccc(N(C)c2nc(Cl)nc3[nH]ncc23)cc1. The molecule has 0 atom stereocenters. The van der Waals surface area contributed by atoms with Crippen molar-refractivity contribution in [1.82, 2.24) is 20.2 Å². The quantitative estimate of drug-likeness (QED) is 0.729. The average Bonchev–Trinajstić information content (AvgIpc) is 2.85. The van der Waals surface area contributed by atoms with Gasteiger partial charge in [-0.1, -0.05) is 17.7 Å². The molecule has 3 aromatic rings. The largest absolute Gasteiger partial charge is 0.329 e. The van der Waals surface area contributed by atoms with E-state index in [1.54, 1.807) is 6.20 Å². The highest BCUT2D eigenvalue weighted by Crippen LogP contribution is 2.28. The van der Waals surface area contributed by atoms with Crippen LogP contribution in [0.3, 0.4) is 0 Å². The maximum absolute atomic E-state index is 5.94. The molecule has 3 rings (SSSR count). The highest BCUT2D eigenvalue weighted by atomic mass is 35.5. The number of nitrogens with one attached hydrogen (secondary N) is 1. The molecule has 0 radical (unpaired) electrons. The molecule has 0 spiro atoms. The fourth-order valence-electron chi connectivity index (χ4n) is 1.94. The molecule has 2 aromatic heterocycles. The molecule has 0 saturated carbocycles. The van der Waals surface area contributed by atoms with Gasteiger partial charge in [0.1, 0.15) is 5.82 Å². The van der Waals surface area contributed by atoms with Gasteiger partial charge in [0.05, 0.1) is 11.6 Å². The summed E-state index contributed by atoms with van der Waals surface area (Å²) in [5, 5.41) is 7.82. The Balaban J connectivity index is 2.12. The summed E-state index contributed by atoms with van der Waals surface area (Å²) in [6.07, 6.45) is 1.70. The molecular weight excluding hydrogens is 262 g/mol. The molecule has 0 aliphatic carbocycles. The third kappa shape index (κ3) is 2.13. The maximum atomic E-state index is 5.94. The zero-order valence-corrected chi connectivity index (χ0v) is 11.3. The van der Waals surface area contributed by atoms with Crippen LogP contribution in [0.25, 0.3) is 11.0 Å². The Kier molecular flexibility index (Phi) is 2.83. The van der Waals surface area contributed by atoms with Gasteiger partial charge in [0.2, 0.25) is 5.28 Å². The predicted molar refractivity (Wildman–Crippen MR) is 75.9 cm³/mol. The number of hydrogen-bond donors (Lipinski definition) is 1. The van der Waals surface area contributed by atoms with Crippen LogP contribution in [0.1, 0.15) is 5.56 Å². The predicted octanol–water partition coefficient (Wildman–Crippen LogP) is 3.08. The van der Waals surface area contributed by atoms with Crippen molar-refractivity contribution in [2.75, 3.05) is 11.9 Å². The first-order valence-electron chi connectivity index (χ1n) is 5.82. The smallest absolute Gasteiger partial charge is 0.226 e. The number of H-pyrrole nitrogens is 1. The monoisotopic (exact) mass is 273 g/mol. The second-order valence-electron chi connectivity index (χ2n) is 4.34. The van der Waals surface area contributed by atoms with E-state index in [1.807, 2.05) is 24.1 Å². The van der Waals surface area contributed by atoms with Gasteiger partial charge in [-0.25, -0.2) is 0 Å². The van der Waals surface area contributed by atoms with Crippen LogP contribution in [0.4, 0.5) is 11.5 Å². The van der Waals surface area contributed by atoms with Gasteiger partial charge in [-0.15, -0.1) is 0 Å². The Bertz CT molecular complexity index is 719. The fourth-order valence-corrected chi connectivity index (χ4v) is 2.10. The van der Waals surface area contributed by atoms with E-state index in [0.717, 1.165) is 16.9 Å². The molecular formula is C13H12ClN5. The molecule has 2 heterocycles. The maximum Gasteiger partial charge on any atom is 0.226 e. The summed E-state index contributed by atoms with van der Waals surface area (Å²) < 4.78 is 0. The summed E-state index contributed by atoms with van der Waals surface area (Å²) in [6, 6.07) is 8.19. The van der Waals surface area contributed by atoms with E-state index in [1.165, 1.54) is 5.56 Å². The summed E-state index contributed by atoms with van der Waals surface area (Å²) in [4.78, 5) is 10.4. The molecule has 5 nitrogen and oxygen atoms in total. The van der Waals surface area contributed by atoms with Crippen LogP contribution in [-0.4, -0.2) is 27.2 Å². The third-order valence-corrected chi connectivity index (χ3v) is 3.17. The minimum Gasteiger partial charge on any atom is -0.329 e. The Hall–Kier alpha value is -2.14. The zero-order valence-electron chi connectivity index (χ0n) is 10.6. The number of rotatable bonds is 2. The van der Waals surface area contributed by atoms with E-state index >= 15 is 0 Å². The molecule has 0 aliphatic heterocycles. The van der Waals surface area contributed by atoms with Crippen molar-refractivity contribution in [3.63, 3.8) is 0 Å². The first kappa shape index (κ1) is 11.9. The normalized spacial score (nSPS) is 10.9. The molecule has 6 heteroatoms.